The molecule has 0 aromatic carbocycles. The topological polar surface area (TPSA) is 125 Å². The van der Waals surface area contributed by atoms with Crippen molar-refractivity contribution in [3.05, 3.63) is 0 Å². The molecule has 0 atom stereocenters. The van der Waals surface area contributed by atoms with Crippen molar-refractivity contribution in [2.24, 2.45) is 5.92 Å². The minimum Gasteiger partial charge on any atom is -0.249 e. The Kier molecular flexibility index (Phi) is 3.22. The van der Waals surface area contributed by atoms with Crippen LogP contribution in [0.2, 0.25) is 0 Å². The van der Waals surface area contributed by atoms with E-state index in [0.717, 1.165) is 0 Å². The van der Waals surface area contributed by atoms with Gasteiger partial charge in [-0.2, -0.15) is 25.9 Å². The van der Waals surface area contributed by atoms with Gasteiger partial charge in [0, 0.05) is 0 Å². The van der Waals surface area contributed by atoms with Crippen LogP contribution in [0.5, 0.6) is 0 Å². The summed E-state index contributed by atoms with van der Waals surface area (Å²) in [6, 6.07) is 5.19. The number of nitrogens with zero attached hydrogens (tertiary/aromatic N) is 4. The minimum absolute atomic E-state index is 1.24. The smallest absolute Gasteiger partial charge is 0.249 e. The van der Waals surface area contributed by atoms with Gasteiger partial charge in [-0.25, -0.2) is 5.26 Å². The third-order valence-corrected chi connectivity index (χ3v) is 1.14. The Morgan fingerprint density at radius 2 is 1.50 bits per heavy atom. The second-order valence-corrected chi connectivity index (χ2v) is 1.74. The summed E-state index contributed by atoms with van der Waals surface area (Å²) in [6.07, 6.45) is 0. The molecular formula is C6H2N4O2. The summed E-state index contributed by atoms with van der Waals surface area (Å²) >= 11 is 0. The first kappa shape index (κ1) is 9.88. The van der Waals surface area contributed by atoms with Crippen LogP contribution in [0, 0.1) is 51.2 Å². The van der Waals surface area contributed by atoms with Crippen LogP contribution < -0.4 is 0 Å². The van der Waals surface area contributed by atoms with Crippen LogP contribution in [-0.4, -0.2) is 10.9 Å². The number of hydrogen-bond donors (Lipinski definition) is 1. The molecule has 0 spiro atoms. The molecule has 0 aliphatic carbocycles. The van der Waals surface area contributed by atoms with E-state index in [2.05, 4.69) is 4.89 Å². The Labute approximate surface area is 68.0 Å². The molecule has 0 aromatic rings. The Morgan fingerprint density at radius 1 is 1.08 bits per heavy atom. The molecule has 0 fully saturated rings. The van der Waals surface area contributed by atoms with E-state index in [9.17, 15) is 0 Å². The van der Waals surface area contributed by atoms with Crippen LogP contribution in [0.15, 0.2) is 0 Å². The van der Waals surface area contributed by atoms with Crippen LogP contribution in [0.25, 0.3) is 0 Å². The van der Waals surface area contributed by atoms with Gasteiger partial charge in [0.05, 0.1) is 12.1 Å². The van der Waals surface area contributed by atoms with Crippen molar-refractivity contribution in [1.82, 2.24) is 0 Å². The number of hydrogen-bond acceptors (Lipinski definition) is 6. The van der Waals surface area contributed by atoms with E-state index in [0.29, 0.717) is 0 Å². The van der Waals surface area contributed by atoms with Gasteiger partial charge in [-0.1, -0.05) is 0 Å². The van der Waals surface area contributed by atoms with E-state index in [-0.39, 0.29) is 0 Å². The zero-order valence-corrected chi connectivity index (χ0v) is 5.72. The highest BCUT2D eigenvalue weighted by atomic mass is 17.1. The molecule has 12 heavy (non-hydrogen) atoms. The van der Waals surface area contributed by atoms with E-state index in [1.54, 1.807) is 0 Å². The lowest BCUT2D eigenvalue weighted by molar-refractivity contribution is -0.292. The van der Waals surface area contributed by atoms with Gasteiger partial charge >= 0.3 is 5.60 Å². The van der Waals surface area contributed by atoms with Gasteiger partial charge in [-0.05, 0) is 0 Å². The zero-order valence-electron chi connectivity index (χ0n) is 5.72. The lowest BCUT2D eigenvalue weighted by Gasteiger charge is -2.13. The molecule has 0 saturated heterocycles. The molecule has 0 rings (SSSR count). The molecule has 0 aliphatic heterocycles. The fraction of sp³-hybridized carbons (Fsp3) is 0.333. The molecule has 0 bridgehead atoms. The predicted molar refractivity (Wildman–Crippen MR) is 32.4 cm³/mol. The Morgan fingerprint density at radius 3 is 1.58 bits per heavy atom. The van der Waals surface area contributed by atoms with Gasteiger partial charge in [0.15, 0.2) is 5.92 Å². The average Bonchev–Trinajstić information content (AvgIpc) is 2.14. The van der Waals surface area contributed by atoms with Gasteiger partial charge in [-0.3, -0.25) is 0 Å². The minimum atomic E-state index is -2.41. The maximum atomic E-state index is 8.35. The molecule has 6 heteroatoms. The van der Waals surface area contributed by atoms with Crippen LogP contribution in [0.3, 0.4) is 0 Å². The molecule has 0 saturated carbocycles. The van der Waals surface area contributed by atoms with Crippen molar-refractivity contribution in [1.29, 1.82) is 21.0 Å². The normalized spacial score (nSPS) is 9.17. The van der Waals surface area contributed by atoms with Crippen molar-refractivity contribution in [3.63, 3.8) is 0 Å². The zero-order chi connectivity index (χ0) is 9.61. The highest BCUT2D eigenvalue weighted by molar-refractivity contribution is 5.29. The molecular weight excluding hydrogens is 160 g/mol. The molecule has 0 radical (unpaired) electrons. The summed E-state index contributed by atoms with van der Waals surface area (Å²) < 4.78 is 0. The molecule has 0 unspecified atom stereocenters. The quantitative estimate of drug-likeness (QED) is 0.447. The van der Waals surface area contributed by atoms with E-state index in [4.69, 9.17) is 26.3 Å². The van der Waals surface area contributed by atoms with Crippen LogP contribution in [0.1, 0.15) is 0 Å². The first-order valence-electron chi connectivity index (χ1n) is 2.65. The van der Waals surface area contributed by atoms with Gasteiger partial charge in [-0.15, -0.1) is 0 Å². The Bertz CT molecular complexity index is 295. The fourth-order valence-electron chi connectivity index (χ4n) is 0.458. The fourth-order valence-corrected chi connectivity index (χ4v) is 0.458. The second-order valence-electron chi connectivity index (χ2n) is 1.74. The Balaban J connectivity index is 5.08. The van der Waals surface area contributed by atoms with Crippen molar-refractivity contribution in [2.75, 3.05) is 0 Å². The van der Waals surface area contributed by atoms with Gasteiger partial charge < -0.3 is 0 Å². The summed E-state index contributed by atoms with van der Waals surface area (Å²) in [7, 11) is 0. The average molecular weight is 162 g/mol. The second kappa shape index (κ2) is 3.91. The van der Waals surface area contributed by atoms with Crippen LogP contribution in [0.4, 0.5) is 0 Å². The standard InChI is InChI=1S/C6H2N4O2/c7-1-5(2-8)6(3-9,4-10)12-11/h5,11H. The molecule has 0 aromatic heterocycles. The third-order valence-electron chi connectivity index (χ3n) is 1.14. The lowest BCUT2D eigenvalue weighted by atomic mass is 9.93. The molecule has 1 N–H and O–H groups in total. The highest BCUT2D eigenvalue weighted by Gasteiger charge is 2.43. The van der Waals surface area contributed by atoms with Crippen molar-refractivity contribution in [2.45, 2.75) is 5.60 Å². The highest BCUT2D eigenvalue weighted by Crippen LogP contribution is 2.18. The predicted octanol–water partition coefficient (Wildman–Crippen LogP) is -0.0747. The van der Waals surface area contributed by atoms with Crippen LogP contribution in [-0.2, 0) is 4.89 Å². The summed E-state index contributed by atoms with van der Waals surface area (Å²) in [5, 5.41) is 41.4. The molecule has 0 amide bonds. The SMILES string of the molecule is N#CC(C#N)C(C#N)(C#N)OO. The van der Waals surface area contributed by atoms with E-state index in [1.807, 2.05) is 0 Å². The first-order valence-corrected chi connectivity index (χ1v) is 2.65. The largest absolute Gasteiger partial charge is 0.301 e. The number of nitriles is 4. The van der Waals surface area contributed by atoms with Gasteiger partial charge in [0.2, 0.25) is 0 Å². The summed E-state index contributed by atoms with van der Waals surface area (Å²) in [6.45, 7) is 0. The van der Waals surface area contributed by atoms with E-state index in [1.165, 1.54) is 24.3 Å². The van der Waals surface area contributed by atoms with Crippen molar-refractivity contribution in [3.8, 4) is 24.3 Å². The molecule has 6 nitrogen and oxygen atoms in total. The third kappa shape index (κ3) is 1.31. The molecule has 0 heterocycles. The lowest BCUT2D eigenvalue weighted by Crippen LogP contribution is -2.35. The Hall–Kier alpha value is -2.12. The van der Waals surface area contributed by atoms with Crippen LogP contribution >= 0.6 is 0 Å². The number of rotatable bonds is 2. The monoisotopic (exact) mass is 162 g/mol. The van der Waals surface area contributed by atoms with Gasteiger partial charge in [0.25, 0.3) is 0 Å². The molecule has 0 aliphatic rings. The maximum absolute atomic E-state index is 8.35. The van der Waals surface area contributed by atoms with E-state index < -0.39 is 11.5 Å². The first-order chi connectivity index (χ1) is 5.70. The van der Waals surface area contributed by atoms with Crippen molar-refractivity contribution < 1.29 is 10.1 Å². The molecule has 58 valence electrons. The summed E-state index contributed by atoms with van der Waals surface area (Å²) in [4.78, 5) is 3.51. The maximum Gasteiger partial charge on any atom is 0.301 e. The van der Waals surface area contributed by atoms with Crippen molar-refractivity contribution >= 4 is 0 Å². The van der Waals surface area contributed by atoms with E-state index >= 15 is 0 Å². The van der Waals surface area contributed by atoms with Gasteiger partial charge in [0.1, 0.15) is 12.1 Å². The summed E-state index contributed by atoms with van der Waals surface area (Å²) in [5.41, 5.74) is -2.41. The summed E-state index contributed by atoms with van der Waals surface area (Å²) in [5.74, 6) is -1.64.